The minimum absolute atomic E-state index is 0.157. The molecular formula is C23H23N5O2S. The Morgan fingerprint density at radius 2 is 1.87 bits per heavy atom. The molecule has 0 amide bonds. The first kappa shape index (κ1) is 19.7. The van der Waals surface area contributed by atoms with Crippen LogP contribution < -0.4 is 16.2 Å². The molecule has 0 radical (unpaired) electrons. The van der Waals surface area contributed by atoms with Gasteiger partial charge >= 0.3 is 0 Å². The predicted octanol–water partition coefficient (Wildman–Crippen LogP) is 4.36. The monoisotopic (exact) mass is 433 g/mol. The van der Waals surface area contributed by atoms with Crippen molar-refractivity contribution < 1.29 is 5.11 Å². The van der Waals surface area contributed by atoms with Crippen LogP contribution in [-0.2, 0) is 0 Å². The van der Waals surface area contributed by atoms with Gasteiger partial charge in [-0.15, -0.1) is 11.3 Å². The smallest absolute Gasteiger partial charge is 0.264 e. The summed E-state index contributed by atoms with van der Waals surface area (Å²) in [5.74, 6) is 1.18. The third kappa shape index (κ3) is 4.17. The van der Waals surface area contributed by atoms with Crippen molar-refractivity contribution in [2.75, 3.05) is 17.2 Å². The highest BCUT2D eigenvalue weighted by Gasteiger charge is 2.26. The quantitative estimate of drug-likeness (QED) is 0.360. The number of nitrogens with one attached hydrogen (secondary N) is 3. The van der Waals surface area contributed by atoms with Gasteiger partial charge < -0.3 is 15.7 Å². The lowest BCUT2D eigenvalue weighted by Gasteiger charge is -2.17. The zero-order valence-corrected chi connectivity index (χ0v) is 17.7. The largest absolute Gasteiger partial charge is 0.396 e. The van der Waals surface area contributed by atoms with Crippen LogP contribution in [0.3, 0.4) is 0 Å². The number of nitrogens with zero attached hydrogens (tertiary/aromatic N) is 2. The molecule has 2 aromatic heterocycles. The maximum Gasteiger partial charge on any atom is 0.264 e. The van der Waals surface area contributed by atoms with Crippen molar-refractivity contribution in [3.05, 3.63) is 65.0 Å². The molecule has 7 nitrogen and oxygen atoms in total. The average molecular weight is 434 g/mol. The normalized spacial score (nSPS) is 18.4. The van der Waals surface area contributed by atoms with Crippen molar-refractivity contribution in [1.82, 2.24) is 15.0 Å². The Labute approximate surface area is 183 Å². The maximum atomic E-state index is 13.2. The molecule has 0 aliphatic heterocycles. The standard InChI is InChI=1S/C23H23N5O2S/c29-13-14-10-11-16(12-14)24-20-19(22-26-17-8-4-5-9-18(17)31-22)21(30)28-23(27-20)25-15-6-2-1-3-7-15/h1-9,14,16,29H,10-13H2,(H3,24,25,27,28,30). The molecule has 2 unspecified atom stereocenters. The van der Waals surface area contributed by atoms with Gasteiger partial charge in [-0.05, 0) is 49.4 Å². The topological polar surface area (TPSA) is 103 Å². The number of hydrogen-bond donors (Lipinski definition) is 4. The van der Waals surface area contributed by atoms with Crippen LogP contribution in [0.15, 0.2) is 59.4 Å². The SMILES string of the molecule is O=c1[nH]c(Nc2ccccc2)nc(NC2CCC(CO)C2)c1-c1nc2ccccc2s1. The van der Waals surface area contributed by atoms with E-state index < -0.39 is 0 Å². The van der Waals surface area contributed by atoms with Crippen molar-refractivity contribution in [3.63, 3.8) is 0 Å². The third-order valence-corrected chi connectivity index (χ3v) is 6.66. The van der Waals surface area contributed by atoms with Crippen LogP contribution in [0.4, 0.5) is 17.5 Å². The lowest BCUT2D eigenvalue weighted by molar-refractivity contribution is 0.229. The number of fused-ring (bicyclic) bond motifs is 1. The van der Waals surface area contributed by atoms with Gasteiger partial charge in [-0.3, -0.25) is 9.78 Å². The molecule has 5 rings (SSSR count). The molecule has 2 heterocycles. The molecule has 4 N–H and O–H groups in total. The Morgan fingerprint density at radius 1 is 1.06 bits per heavy atom. The summed E-state index contributed by atoms with van der Waals surface area (Å²) < 4.78 is 1.02. The van der Waals surface area contributed by atoms with Crippen LogP contribution >= 0.6 is 11.3 Å². The molecule has 8 heteroatoms. The molecule has 0 bridgehead atoms. The van der Waals surface area contributed by atoms with Gasteiger partial charge in [-0.25, -0.2) is 4.98 Å². The zero-order valence-electron chi connectivity index (χ0n) is 16.8. The maximum absolute atomic E-state index is 13.2. The lowest BCUT2D eigenvalue weighted by Crippen LogP contribution is -2.22. The van der Waals surface area contributed by atoms with E-state index >= 15 is 0 Å². The molecule has 1 aliphatic rings. The Morgan fingerprint density at radius 3 is 2.65 bits per heavy atom. The van der Waals surface area contributed by atoms with E-state index in [9.17, 15) is 9.90 Å². The Balaban J connectivity index is 1.55. The minimum Gasteiger partial charge on any atom is -0.396 e. The number of benzene rings is 2. The molecule has 1 fully saturated rings. The van der Waals surface area contributed by atoms with E-state index in [1.165, 1.54) is 11.3 Å². The van der Waals surface area contributed by atoms with Crippen LogP contribution in [0, 0.1) is 5.92 Å². The summed E-state index contributed by atoms with van der Waals surface area (Å²) in [5.41, 5.74) is 1.91. The van der Waals surface area contributed by atoms with Gasteiger partial charge in [0.1, 0.15) is 16.4 Å². The summed E-state index contributed by atoms with van der Waals surface area (Å²) >= 11 is 1.48. The van der Waals surface area contributed by atoms with Gasteiger partial charge in [-0.2, -0.15) is 4.98 Å². The molecule has 1 aliphatic carbocycles. The third-order valence-electron chi connectivity index (χ3n) is 5.60. The number of aromatic amines is 1. The molecule has 1 saturated carbocycles. The van der Waals surface area contributed by atoms with Gasteiger partial charge in [0.25, 0.3) is 5.56 Å². The van der Waals surface area contributed by atoms with Gasteiger partial charge in [0.15, 0.2) is 0 Å². The molecule has 4 aromatic rings. The summed E-state index contributed by atoms with van der Waals surface area (Å²) in [6.07, 6.45) is 2.75. The van der Waals surface area contributed by atoms with Crippen molar-refractivity contribution in [2.45, 2.75) is 25.3 Å². The first-order valence-corrected chi connectivity index (χ1v) is 11.2. The number of para-hydroxylation sites is 2. The summed E-state index contributed by atoms with van der Waals surface area (Å²) in [6.45, 7) is 0.187. The minimum atomic E-state index is -0.244. The molecule has 0 saturated heterocycles. The van der Waals surface area contributed by atoms with E-state index in [4.69, 9.17) is 4.98 Å². The fourth-order valence-electron chi connectivity index (χ4n) is 4.04. The van der Waals surface area contributed by atoms with Crippen LogP contribution in [-0.4, -0.2) is 32.7 Å². The predicted molar refractivity (Wildman–Crippen MR) is 125 cm³/mol. The van der Waals surface area contributed by atoms with Crippen molar-refractivity contribution in [2.24, 2.45) is 5.92 Å². The second kappa shape index (κ2) is 8.49. The van der Waals surface area contributed by atoms with E-state index in [-0.39, 0.29) is 24.1 Å². The number of anilines is 3. The first-order chi connectivity index (χ1) is 15.2. The van der Waals surface area contributed by atoms with Crippen LogP contribution in [0.1, 0.15) is 19.3 Å². The highest BCUT2D eigenvalue weighted by atomic mass is 32.1. The molecule has 158 valence electrons. The lowest BCUT2D eigenvalue weighted by atomic mass is 10.1. The Kier molecular flexibility index (Phi) is 5.40. The van der Waals surface area contributed by atoms with Gasteiger partial charge in [0.2, 0.25) is 5.95 Å². The molecular weight excluding hydrogens is 410 g/mol. The number of thiazole rings is 1. The van der Waals surface area contributed by atoms with Gasteiger partial charge in [-0.1, -0.05) is 30.3 Å². The summed E-state index contributed by atoms with van der Waals surface area (Å²) in [5, 5.41) is 16.8. The number of aliphatic hydroxyl groups is 1. The Hall–Kier alpha value is -3.23. The molecule has 2 aromatic carbocycles. The van der Waals surface area contributed by atoms with E-state index in [1.807, 2.05) is 54.6 Å². The number of aromatic nitrogens is 3. The summed E-state index contributed by atoms with van der Waals surface area (Å²) in [7, 11) is 0. The van der Waals surface area contributed by atoms with Crippen LogP contribution in [0.2, 0.25) is 0 Å². The highest BCUT2D eigenvalue weighted by Crippen LogP contribution is 2.34. The van der Waals surface area contributed by atoms with Crippen molar-refractivity contribution >= 4 is 39.0 Å². The number of aliphatic hydroxyl groups excluding tert-OH is 1. The van der Waals surface area contributed by atoms with E-state index in [1.54, 1.807) is 0 Å². The average Bonchev–Trinajstić information content (AvgIpc) is 3.40. The summed E-state index contributed by atoms with van der Waals surface area (Å²) in [4.78, 5) is 25.4. The zero-order chi connectivity index (χ0) is 21.2. The molecule has 31 heavy (non-hydrogen) atoms. The van der Waals surface area contributed by atoms with Crippen LogP contribution in [0.5, 0.6) is 0 Å². The van der Waals surface area contributed by atoms with E-state index in [2.05, 4.69) is 20.6 Å². The van der Waals surface area contributed by atoms with E-state index in [0.29, 0.717) is 22.3 Å². The summed E-state index contributed by atoms with van der Waals surface area (Å²) in [6, 6.07) is 17.6. The number of H-pyrrole nitrogens is 1. The highest BCUT2D eigenvalue weighted by molar-refractivity contribution is 7.21. The molecule has 2 atom stereocenters. The van der Waals surface area contributed by atoms with Crippen molar-refractivity contribution in [1.29, 1.82) is 0 Å². The fourth-order valence-corrected chi connectivity index (χ4v) is 5.05. The van der Waals surface area contributed by atoms with Crippen molar-refractivity contribution in [3.8, 4) is 10.6 Å². The Bertz CT molecular complexity index is 1220. The second-order valence-corrected chi connectivity index (χ2v) is 8.85. The number of rotatable bonds is 6. The fraction of sp³-hybridized carbons (Fsp3) is 0.261. The number of hydrogen-bond acceptors (Lipinski definition) is 7. The molecule has 0 spiro atoms. The first-order valence-electron chi connectivity index (χ1n) is 10.4. The second-order valence-electron chi connectivity index (χ2n) is 7.82. The van der Waals surface area contributed by atoms with E-state index in [0.717, 1.165) is 35.2 Å². The van der Waals surface area contributed by atoms with Gasteiger partial charge in [0, 0.05) is 18.3 Å². The van der Waals surface area contributed by atoms with Gasteiger partial charge in [0.05, 0.1) is 10.2 Å². The van der Waals surface area contributed by atoms with Crippen LogP contribution in [0.25, 0.3) is 20.8 Å².